The van der Waals surface area contributed by atoms with Gasteiger partial charge in [-0.15, -0.1) is 16.0 Å². The Morgan fingerprint density at radius 2 is 0.818 bits per heavy atom. The molecule has 11 heavy (non-hydrogen) atoms. The molecule has 0 aromatic heterocycles. The van der Waals surface area contributed by atoms with Gasteiger partial charge in [-0.3, -0.25) is 0 Å². The first-order valence-electron chi connectivity index (χ1n) is 1.28. The number of hydrogen-bond acceptors (Lipinski definition) is 9. The number of hydrogen-bond donors (Lipinski definition) is 0. The molecule has 62 valence electrons. The van der Waals surface area contributed by atoms with Gasteiger partial charge < -0.3 is 30.3 Å². The normalized spacial score (nSPS) is 3.91. The summed E-state index contributed by atoms with van der Waals surface area (Å²) in [5, 5.41) is 27.0. The zero-order valence-corrected chi connectivity index (χ0v) is 6.43. The Morgan fingerprint density at radius 3 is 0.818 bits per heavy atom. The van der Waals surface area contributed by atoms with Crippen LogP contribution in [0.2, 0.25) is 0 Å². The van der Waals surface area contributed by atoms with E-state index in [1.54, 1.807) is 0 Å². The summed E-state index contributed by atoms with van der Waals surface area (Å²) in [6, 6.07) is 0. The second-order valence-electron chi connectivity index (χ2n) is 0.224. The van der Waals surface area contributed by atoms with Crippen molar-refractivity contribution in [1.82, 2.24) is 0 Å². The van der Waals surface area contributed by atoms with E-state index < -0.39 is 0 Å². The molecule has 0 atom stereocenters. The van der Waals surface area contributed by atoms with E-state index in [1.165, 1.54) is 0 Å². The summed E-state index contributed by atoms with van der Waals surface area (Å²) in [5.74, 6) is 0. The van der Waals surface area contributed by atoms with E-state index in [0.29, 0.717) is 0 Å². The molecule has 0 amide bonds. The fourth-order valence-electron chi connectivity index (χ4n) is 0. The van der Waals surface area contributed by atoms with E-state index in [9.17, 15) is 0 Å². The molecule has 0 radical (unpaired) electrons. The van der Waals surface area contributed by atoms with Crippen molar-refractivity contribution in [3.8, 4) is 0 Å². The molecule has 0 bridgehead atoms. The minimum atomic E-state index is 1.00. The third kappa shape index (κ3) is 234. The Hall–Kier alpha value is -1.29. The van der Waals surface area contributed by atoms with Crippen molar-refractivity contribution in [2.24, 2.45) is 16.0 Å². The molecule has 0 heterocycles. The molecule has 0 aromatic rings. The van der Waals surface area contributed by atoms with E-state index >= 15 is 0 Å². The molecular formula is ClN3O6Si. The summed E-state index contributed by atoms with van der Waals surface area (Å²) in [6.45, 7) is 0. The molecule has 11 heteroatoms. The Morgan fingerprint density at radius 1 is 0.818 bits per heavy atom. The van der Waals surface area contributed by atoms with Gasteiger partial charge in [-0.2, -0.15) is 0 Å². The SMILES string of the molecule is O=N[O-].O=N[O-].O=N[O-].[Si+3]Cl. The van der Waals surface area contributed by atoms with Crippen molar-refractivity contribution in [2.75, 3.05) is 0 Å². The maximum absolute atomic E-state index is 8.00. The van der Waals surface area contributed by atoms with Crippen molar-refractivity contribution >= 4 is 20.6 Å². The predicted molar refractivity (Wildman–Crippen MR) is 39.1 cm³/mol. The topological polar surface area (TPSA) is 157 Å². The quantitative estimate of drug-likeness (QED) is 0.247. The maximum atomic E-state index is 8.00. The Bertz CT molecular complexity index is 54.6. The number of halogens is 1. The average molecular weight is 202 g/mol. The van der Waals surface area contributed by atoms with Gasteiger partial charge in [0, 0.05) is 0 Å². The van der Waals surface area contributed by atoms with Gasteiger partial charge in [0.1, 0.15) is 0 Å². The van der Waals surface area contributed by atoms with E-state index in [4.69, 9.17) is 30.3 Å². The van der Waals surface area contributed by atoms with Crippen molar-refractivity contribution in [2.45, 2.75) is 0 Å². The van der Waals surface area contributed by atoms with Gasteiger partial charge >= 0.3 is 20.6 Å². The van der Waals surface area contributed by atoms with Crippen molar-refractivity contribution < 1.29 is 0 Å². The van der Waals surface area contributed by atoms with Crippen molar-refractivity contribution in [3.63, 3.8) is 0 Å². The van der Waals surface area contributed by atoms with Crippen LogP contribution >= 0.6 is 11.1 Å². The number of rotatable bonds is 0. The minimum absolute atomic E-state index is 1.00. The molecule has 0 aliphatic rings. The Balaban J connectivity index is -0.0000000301. The summed E-state index contributed by atoms with van der Waals surface area (Å²) < 4.78 is 0. The van der Waals surface area contributed by atoms with Crippen LogP contribution in [0, 0.1) is 30.3 Å². The monoisotopic (exact) mass is 201 g/mol. The van der Waals surface area contributed by atoms with Crippen LogP contribution in [0.1, 0.15) is 0 Å². The second kappa shape index (κ2) is 178. The van der Waals surface area contributed by atoms with E-state index in [1.807, 2.05) is 0 Å². The van der Waals surface area contributed by atoms with Gasteiger partial charge in [0.2, 0.25) is 0 Å². The third-order valence-corrected chi connectivity index (χ3v) is 0. The zero-order valence-electron chi connectivity index (χ0n) is 4.67. The van der Waals surface area contributed by atoms with Gasteiger partial charge in [0.15, 0.2) is 0 Å². The molecule has 0 fully saturated rings. The second-order valence-corrected chi connectivity index (χ2v) is 0.224. The van der Waals surface area contributed by atoms with Gasteiger partial charge in [-0.25, -0.2) is 0 Å². The Labute approximate surface area is 67.9 Å². The molecule has 0 aliphatic carbocycles. The fourth-order valence-corrected chi connectivity index (χ4v) is 0. The summed E-state index contributed by atoms with van der Waals surface area (Å²) in [4.78, 5) is 24.0. The van der Waals surface area contributed by atoms with E-state index in [0.717, 1.165) is 16.0 Å². The fraction of sp³-hybridized carbons (Fsp3) is 0. The van der Waals surface area contributed by atoms with Gasteiger partial charge in [-0.1, -0.05) is 0 Å². The number of nitrogens with zero attached hydrogens (tertiary/aromatic N) is 3. The van der Waals surface area contributed by atoms with Crippen LogP contribution in [0.5, 0.6) is 0 Å². The van der Waals surface area contributed by atoms with Crippen molar-refractivity contribution in [1.29, 1.82) is 0 Å². The molecular weight excluding hydrogens is 202 g/mol. The average Bonchev–Trinajstić information content (AvgIpc) is 1.96. The molecule has 9 nitrogen and oxygen atoms in total. The molecule has 0 saturated carbocycles. The first-order valence-corrected chi connectivity index (χ1v) is 2.80. The third-order valence-electron chi connectivity index (χ3n) is 0. The van der Waals surface area contributed by atoms with Crippen LogP contribution < -0.4 is 0 Å². The first kappa shape index (κ1) is 22.6. The molecule has 0 unspecified atom stereocenters. The van der Waals surface area contributed by atoms with Crippen LogP contribution in [0.25, 0.3) is 0 Å². The van der Waals surface area contributed by atoms with E-state index in [-0.39, 0.29) is 0 Å². The molecule has 0 aliphatic heterocycles. The molecule has 0 N–H and O–H groups in total. The predicted octanol–water partition coefficient (Wildman–Crippen LogP) is 1.06. The van der Waals surface area contributed by atoms with Crippen LogP contribution in [0.3, 0.4) is 0 Å². The van der Waals surface area contributed by atoms with Crippen molar-refractivity contribution in [3.05, 3.63) is 30.3 Å². The Kier molecular flexibility index (Phi) is 365. The van der Waals surface area contributed by atoms with Crippen LogP contribution in [0.4, 0.5) is 0 Å². The van der Waals surface area contributed by atoms with Crippen LogP contribution in [-0.2, 0) is 0 Å². The van der Waals surface area contributed by atoms with Crippen LogP contribution in [-0.4, -0.2) is 9.55 Å². The molecule has 0 rings (SSSR count). The van der Waals surface area contributed by atoms with Gasteiger partial charge in [-0.05, 0) is 0 Å². The summed E-state index contributed by atoms with van der Waals surface area (Å²) >= 11 is 4.44. The first-order chi connectivity index (χ1) is 5.24. The molecule has 0 spiro atoms. The van der Waals surface area contributed by atoms with Crippen LogP contribution in [0.15, 0.2) is 16.0 Å². The molecule has 0 aromatic carbocycles. The van der Waals surface area contributed by atoms with E-state index in [2.05, 4.69) is 20.6 Å². The van der Waals surface area contributed by atoms with Gasteiger partial charge in [0.25, 0.3) is 0 Å². The standard InChI is InChI=1S/ClSi.3HNO2/c1-2;3*2-1-3/h;3*(H,2,3)/q+3;;;/p-3. The summed E-state index contributed by atoms with van der Waals surface area (Å²) in [5.41, 5.74) is 0. The summed E-state index contributed by atoms with van der Waals surface area (Å²) in [7, 11) is 2.44. The van der Waals surface area contributed by atoms with Gasteiger partial charge in [0.05, 0.1) is 0 Å². The zero-order chi connectivity index (χ0) is 10.1. The molecule has 0 saturated heterocycles. The summed E-state index contributed by atoms with van der Waals surface area (Å²) in [6.07, 6.45) is 0.